The van der Waals surface area contributed by atoms with Gasteiger partial charge < -0.3 is 10.3 Å². The minimum Gasteiger partial charge on any atom is -0.356 e. The molecule has 2 N–H and O–H groups in total. The molecule has 1 unspecified atom stereocenters. The first-order valence-corrected chi connectivity index (χ1v) is 10.0. The normalized spacial score (nSPS) is 16.9. The lowest BCUT2D eigenvalue weighted by Gasteiger charge is -2.25. The zero-order valence-corrected chi connectivity index (χ0v) is 16.4. The molecule has 3 heteroatoms. The van der Waals surface area contributed by atoms with Crippen molar-refractivity contribution in [3.63, 3.8) is 0 Å². The van der Waals surface area contributed by atoms with Crippen LogP contribution in [-0.4, -0.2) is 11.5 Å². The molecule has 0 saturated heterocycles. The fourth-order valence-corrected chi connectivity index (χ4v) is 4.76. The average molecular weight is 405 g/mol. The first kappa shape index (κ1) is 16.1. The number of H-pyrrole nitrogens is 1. The van der Waals surface area contributed by atoms with Crippen molar-refractivity contribution < 1.29 is 0 Å². The molecule has 0 bridgehead atoms. The molecule has 1 aliphatic rings. The van der Waals surface area contributed by atoms with Gasteiger partial charge in [-0.05, 0) is 69.7 Å². The summed E-state index contributed by atoms with van der Waals surface area (Å²) in [5, 5.41) is 7.77. The van der Waals surface area contributed by atoms with Crippen LogP contribution in [0.1, 0.15) is 28.4 Å². The number of fused-ring (bicyclic) bond motifs is 4. The lowest BCUT2D eigenvalue weighted by atomic mass is 9.92. The number of rotatable bonds is 2. The smallest absolute Gasteiger partial charge is 0.0606 e. The van der Waals surface area contributed by atoms with Crippen molar-refractivity contribution in [1.29, 1.82) is 0 Å². The number of benzene rings is 3. The Hall–Kier alpha value is -2.10. The molecule has 26 heavy (non-hydrogen) atoms. The molecule has 0 saturated carbocycles. The molecule has 130 valence electrons. The van der Waals surface area contributed by atoms with E-state index in [0.717, 1.165) is 19.4 Å². The van der Waals surface area contributed by atoms with Gasteiger partial charge in [0.1, 0.15) is 0 Å². The fourth-order valence-electron chi connectivity index (χ4n) is 4.31. The van der Waals surface area contributed by atoms with Gasteiger partial charge in [-0.1, -0.05) is 54.6 Å². The first-order valence-electron chi connectivity index (χ1n) is 9.22. The molecule has 0 aliphatic carbocycles. The molecular weight excluding hydrogens is 384 g/mol. The zero-order chi connectivity index (χ0) is 17.7. The zero-order valence-electron chi connectivity index (χ0n) is 14.8. The highest BCUT2D eigenvalue weighted by Gasteiger charge is 2.25. The molecule has 4 aromatic rings. The Morgan fingerprint density at radius 2 is 1.85 bits per heavy atom. The van der Waals surface area contributed by atoms with Crippen LogP contribution in [0.4, 0.5) is 0 Å². The van der Waals surface area contributed by atoms with Crippen LogP contribution in [0.15, 0.2) is 59.1 Å². The lowest BCUT2D eigenvalue weighted by molar-refractivity contribution is 0.496. The van der Waals surface area contributed by atoms with Gasteiger partial charge >= 0.3 is 0 Å². The maximum Gasteiger partial charge on any atom is 0.0606 e. The van der Waals surface area contributed by atoms with E-state index in [4.69, 9.17) is 0 Å². The van der Waals surface area contributed by atoms with Crippen LogP contribution < -0.4 is 5.32 Å². The van der Waals surface area contributed by atoms with Gasteiger partial charge in [0.15, 0.2) is 0 Å². The third-order valence-electron chi connectivity index (χ3n) is 5.66. The third-order valence-corrected chi connectivity index (χ3v) is 6.69. The van der Waals surface area contributed by atoms with Gasteiger partial charge in [-0.2, -0.15) is 0 Å². The summed E-state index contributed by atoms with van der Waals surface area (Å²) in [6.45, 7) is 3.18. The summed E-state index contributed by atoms with van der Waals surface area (Å²) in [6.07, 6.45) is 2.08. The molecule has 1 atom stereocenters. The Labute approximate surface area is 161 Å². The van der Waals surface area contributed by atoms with Gasteiger partial charge in [-0.3, -0.25) is 0 Å². The van der Waals surface area contributed by atoms with Crippen molar-refractivity contribution in [2.24, 2.45) is 0 Å². The first-order chi connectivity index (χ1) is 12.7. The maximum absolute atomic E-state index is 3.77. The van der Waals surface area contributed by atoms with E-state index >= 15 is 0 Å². The van der Waals surface area contributed by atoms with Crippen molar-refractivity contribution in [2.45, 2.75) is 25.8 Å². The summed E-state index contributed by atoms with van der Waals surface area (Å²) in [6, 6.07) is 20.1. The van der Waals surface area contributed by atoms with E-state index in [1.54, 1.807) is 0 Å². The largest absolute Gasteiger partial charge is 0.356 e. The Morgan fingerprint density at radius 1 is 1.00 bits per heavy atom. The van der Waals surface area contributed by atoms with Crippen molar-refractivity contribution >= 4 is 37.6 Å². The Balaban J connectivity index is 1.61. The second kappa shape index (κ2) is 6.26. The molecule has 5 rings (SSSR count). The molecule has 2 nitrogen and oxygen atoms in total. The molecule has 0 spiro atoms. The number of aryl methyl sites for hydroxylation is 1. The highest BCUT2D eigenvalue weighted by Crippen LogP contribution is 2.36. The highest BCUT2D eigenvalue weighted by molar-refractivity contribution is 9.10. The lowest BCUT2D eigenvalue weighted by Crippen LogP contribution is -2.31. The van der Waals surface area contributed by atoms with Crippen molar-refractivity contribution in [2.75, 3.05) is 6.54 Å². The van der Waals surface area contributed by atoms with Crippen molar-refractivity contribution in [1.82, 2.24) is 10.3 Å². The van der Waals surface area contributed by atoms with Crippen LogP contribution in [0, 0.1) is 6.92 Å². The van der Waals surface area contributed by atoms with Gasteiger partial charge in [-0.25, -0.2) is 0 Å². The van der Waals surface area contributed by atoms with Crippen molar-refractivity contribution in [3.8, 4) is 0 Å². The number of aromatic nitrogens is 1. The topological polar surface area (TPSA) is 27.8 Å². The van der Waals surface area contributed by atoms with Gasteiger partial charge in [-0.15, -0.1) is 0 Å². The molecule has 0 amide bonds. The monoisotopic (exact) mass is 404 g/mol. The molecule has 1 aromatic heterocycles. The minimum absolute atomic E-state index is 0.323. The Bertz CT molecular complexity index is 1120. The second-order valence-electron chi connectivity index (χ2n) is 7.24. The van der Waals surface area contributed by atoms with Crippen LogP contribution in [0.2, 0.25) is 0 Å². The SMILES string of the molecule is Cc1ccc2c3c([nH]c2c1Br)C(Cc1cccc2ccccc12)NCC3. The quantitative estimate of drug-likeness (QED) is 0.432. The van der Waals surface area contributed by atoms with E-state index in [9.17, 15) is 0 Å². The summed E-state index contributed by atoms with van der Waals surface area (Å²) in [7, 11) is 0. The fraction of sp³-hybridized carbons (Fsp3) is 0.217. The van der Waals surface area contributed by atoms with E-state index < -0.39 is 0 Å². The maximum atomic E-state index is 3.77. The van der Waals surface area contributed by atoms with E-state index in [-0.39, 0.29) is 0 Å². The van der Waals surface area contributed by atoms with E-state index in [0.29, 0.717) is 6.04 Å². The molecular formula is C23H21BrN2. The molecule has 0 radical (unpaired) electrons. The number of hydrogen-bond donors (Lipinski definition) is 2. The predicted molar refractivity (Wildman–Crippen MR) is 113 cm³/mol. The summed E-state index contributed by atoms with van der Waals surface area (Å²) in [5.41, 5.74) is 6.74. The van der Waals surface area contributed by atoms with Gasteiger partial charge in [0, 0.05) is 15.6 Å². The Kier molecular flexibility index (Phi) is 3.87. The predicted octanol–water partition coefficient (Wildman–Crippen LogP) is 5.82. The summed E-state index contributed by atoms with van der Waals surface area (Å²) >= 11 is 3.77. The number of halogens is 1. The number of hydrogen-bond acceptors (Lipinski definition) is 1. The minimum atomic E-state index is 0.323. The molecule has 0 fully saturated rings. The van der Waals surface area contributed by atoms with Crippen LogP contribution in [0.25, 0.3) is 21.7 Å². The molecule has 3 aromatic carbocycles. The van der Waals surface area contributed by atoms with Gasteiger partial charge in [0.05, 0.1) is 11.6 Å². The summed E-state index contributed by atoms with van der Waals surface area (Å²) < 4.78 is 1.19. The van der Waals surface area contributed by atoms with Gasteiger partial charge in [0.25, 0.3) is 0 Å². The van der Waals surface area contributed by atoms with Crippen LogP contribution in [0.3, 0.4) is 0 Å². The molecule has 1 aliphatic heterocycles. The van der Waals surface area contributed by atoms with Crippen LogP contribution in [-0.2, 0) is 12.8 Å². The summed E-state index contributed by atoms with van der Waals surface area (Å²) in [4.78, 5) is 3.73. The second-order valence-corrected chi connectivity index (χ2v) is 8.03. The van der Waals surface area contributed by atoms with Crippen LogP contribution in [0.5, 0.6) is 0 Å². The summed E-state index contributed by atoms with van der Waals surface area (Å²) in [5.74, 6) is 0. The van der Waals surface area contributed by atoms with E-state index in [1.807, 2.05) is 0 Å². The van der Waals surface area contributed by atoms with Crippen LogP contribution >= 0.6 is 15.9 Å². The number of aromatic amines is 1. The highest BCUT2D eigenvalue weighted by atomic mass is 79.9. The van der Waals surface area contributed by atoms with Crippen molar-refractivity contribution in [3.05, 3.63) is 81.5 Å². The standard InChI is InChI=1S/C23H21BrN2/c1-14-9-10-18-19-11-12-25-20(22(19)26-23(18)21(14)24)13-16-7-4-6-15-5-2-3-8-17(15)16/h2-10,20,25-26H,11-13H2,1H3. The molecule has 2 heterocycles. The Morgan fingerprint density at radius 3 is 2.77 bits per heavy atom. The number of nitrogens with one attached hydrogen (secondary N) is 2. The average Bonchev–Trinajstić information content (AvgIpc) is 3.06. The third kappa shape index (κ3) is 2.50. The van der Waals surface area contributed by atoms with E-state index in [1.165, 1.54) is 48.5 Å². The van der Waals surface area contributed by atoms with E-state index in [2.05, 4.69) is 87.8 Å². The van der Waals surface area contributed by atoms with Gasteiger partial charge in [0.2, 0.25) is 0 Å².